The van der Waals surface area contributed by atoms with Crippen LogP contribution in [0.2, 0.25) is 0 Å². The quantitative estimate of drug-likeness (QED) is 0.289. The number of carbonyl (C=O) groups excluding carboxylic acids is 1. The highest BCUT2D eigenvalue weighted by Crippen LogP contribution is 2.34. The topological polar surface area (TPSA) is 95.1 Å². The Morgan fingerprint density at radius 3 is 2.64 bits per heavy atom. The molecule has 2 aromatic heterocycles. The van der Waals surface area contributed by atoms with E-state index in [2.05, 4.69) is 14.8 Å². The highest BCUT2D eigenvalue weighted by molar-refractivity contribution is 7.99. The molecule has 1 atom stereocenters. The fourth-order valence-electron chi connectivity index (χ4n) is 4.47. The summed E-state index contributed by atoms with van der Waals surface area (Å²) in [6.45, 7) is 0. The number of aryl methyl sites for hydroxylation is 1. The SMILES string of the molecule is Cn1c(-c2ccccc2)c(C(=O)CSc2nnc(CC3CCS(=O)(=O)C3)o2)c2ccccc21. The standard InChI is InChI=1S/C24H23N3O4S2/c1-27-19-10-6-5-9-18(19)22(23(27)17-7-3-2-4-8-17)20(28)14-32-24-26-25-21(31-24)13-16-11-12-33(29,30)15-16/h2-10,16H,11-15H2,1H3. The normalized spacial score (nSPS) is 17.5. The molecule has 1 saturated heterocycles. The van der Waals surface area contributed by atoms with Crippen LogP contribution in [0, 0.1) is 5.92 Å². The third kappa shape index (κ3) is 4.47. The molecule has 1 aliphatic heterocycles. The predicted molar refractivity (Wildman–Crippen MR) is 128 cm³/mol. The van der Waals surface area contributed by atoms with Crippen molar-refractivity contribution >= 4 is 38.3 Å². The molecular formula is C24H23N3O4S2. The number of hydrogen-bond acceptors (Lipinski definition) is 7. The molecule has 2 aromatic carbocycles. The first-order chi connectivity index (χ1) is 15.9. The smallest absolute Gasteiger partial charge is 0.277 e. The monoisotopic (exact) mass is 481 g/mol. The van der Waals surface area contributed by atoms with E-state index in [1.54, 1.807) is 0 Å². The van der Waals surface area contributed by atoms with Gasteiger partial charge in [-0.2, -0.15) is 0 Å². The van der Waals surface area contributed by atoms with Gasteiger partial charge >= 0.3 is 0 Å². The minimum atomic E-state index is -2.95. The number of nitrogens with zero attached hydrogens (tertiary/aromatic N) is 3. The number of benzene rings is 2. The number of para-hydroxylation sites is 1. The second-order valence-corrected chi connectivity index (χ2v) is 11.5. The van der Waals surface area contributed by atoms with Crippen LogP contribution in [0.15, 0.2) is 64.2 Å². The van der Waals surface area contributed by atoms with Crippen LogP contribution >= 0.6 is 11.8 Å². The predicted octanol–water partition coefficient (Wildman–Crippen LogP) is 4.18. The zero-order valence-electron chi connectivity index (χ0n) is 18.1. The van der Waals surface area contributed by atoms with E-state index in [0.717, 1.165) is 22.2 Å². The third-order valence-corrected chi connectivity index (χ3v) is 8.65. The van der Waals surface area contributed by atoms with E-state index in [-0.39, 0.29) is 29.0 Å². The van der Waals surface area contributed by atoms with Crippen LogP contribution in [0.3, 0.4) is 0 Å². The van der Waals surface area contributed by atoms with E-state index in [9.17, 15) is 13.2 Å². The molecule has 170 valence electrons. The molecule has 0 saturated carbocycles. The molecule has 1 fully saturated rings. The molecule has 4 aromatic rings. The number of hydrogen-bond donors (Lipinski definition) is 0. The van der Waals surface area contributed by atoms with Gasteiger partial charge in [-0.1, -0.05) is 60.3 Å². The number of sulfone groups is 1. The van der Waals surface area contributed by atoms with Gasteiger partial charge in [-0.3, -0.25) is 4.79 Å². The average molecular weight is 482 g/mol. The number of ketones is 1. The molecule has 0 bridgehead atoms. The molecule has 0 amide bonds. The molecule has 0 aliphatic carbocycles. The van der Waals surface area contributed by atoms with Crippen LogP contribution in [0.25, 0.3) is 22.2 Å². The van der Waals surface area contributed by atoms with Gasteiger partial charge in [0.05, 0.1) is 28.5 Å². The highest BCUT2D eigenvalue weighted by atomic mass is 32.2. The summed E-state index contributed by atoms with van der Waals surface area (Å²) in [5.41, 5.74) is 3.55. The van der Waals surface area contributed by atoms with Crippen LogP contribution in [0.1, 0.15) is 22.7 Å². The second kappa shape index (κ2) is 8.79. The molecular weight excluding hydrogens is 458 g/mol. The Balaban J connectivity index is 1.36. The van der Waals surface area contributed by atoms with E-state index in [1.165, 1.54) is 11.8 Å². The molecule has 1 unspecified atom stereocenters. The lowest BCUT2D eigenvalue weighted by Crippen LogP contribution is -2.07. The molecule has 5 rings (SSSR count). The average Bonchev–Trinajstić information content (AvgIpc) is 3.49. The van der Waals surface area contributed by atoms with Gasteiger partial charge in [0.25, 0.3) is 5.22 Å². The summed E-state index contributed by atoms with van der Waals surface area (Å²) in [6.07, 6.45) is 1.07. The fraction of sp³-hybridized carbons (Fsp3) is 0.292. The van der Waals surface area contributed by atoms with Crippen molar-refractivity contribution in [2.75, 3.05) is 17.3 Å². The Bertz CT molecular complexity index is 1420. The maximum absolute atomic E-state index is 13.4. The van der Waals surface area contributed by atoms with E-state index in [4.69, 9.17) is 4.42 Å². The number of Topliss-reactive ketones (excluding diaryl/α,β-unsaturated/α-hetero) is 1. The van der Waals surface area contributed by atoms with E-state index in [1.807, 2.05) is 61.6 Å². The van der Waals surface area contributed by atoms with Crippen molar-refractivity contribution < 1.29 is 17.6 Å². The van der Waals surface area contributed by atoms with Crippen LogP contribution < -0.4 is 0 Å². The van der Waals surface area contributed by atoms with Gasteiger partial charge in [-0.05, 0) is 24.0 Å². The van der Waals surface area contributed by atoms with Crippen LogP contribution in [0.5, 0.6) is 0 Å². The number of aromatic nitrogens is 3. The zero-order valence-corrected chi connectivity index (χ0v) is 19.7. The summed E-state index contributed by atoms with van der Waals surface area (Å²) in [6, 6.07) is 17.8. The Morgan fingerprint density at radius 1 is 1.12 bits per heavy atom. The first-order valence-corrected chi connectivity index (χ1v) is 13.5. The van der Waals surface area contributed by atoms with Crippen molar-refractivity contribution in [3.8, 4) is 11.3 Å². The molecule has 0 spiro atoms. The maximum atomic E-state index is 13.4. The van der Waals surface area contributed by atoms with Gasteiger partial charge < -0.3 is 8.98 Å². The minimum Gasteiger partial charge on any atom is -0.416 e. The summed E-state index contributed by atoms with van der Waals surface area (Å²) in [5.74, 6) is 0.961. The van der Waals surface area contributed by atoms with Crippen molar-refractivity contribution in [3.63, 3.8) is 0 Å². The first-order valence-electron chi connectivity index (χ1n) is 10.7. The summed E-state index contributed by atoms with van der Waals surface area (Å²) < 4.78 is 31.1. The van der Waals surface area contributed by atoms with Crippen molar-refractivity contribution in [1.82, 2.24) is 14.8 Å². The Labute approximate surface area is 196 Å². The van der Waals surface area contributed by atoms with Crippen molar-refractivity contribution in [2.24, 2.45) is 13.0 Å². The van der Waals surface area contributed by atoms with Gasteiger partial charge in [0, 0.05) is 24.4 Å². The van der Waals surface area contributed by atoms with E-state index >= 15 is 0 Å². The number of fused-ring (bicyclic) bond motifs is 1. The summed E-state index contributed by atoms with van der Waals surface area (Å²) in [4.78, 5) is 13.4. The lowest BCUT2D eigenvalue weighted by Gasteiger charge is -2.07. The zero-order chi connectivity index (χ0) is 23.0. The van der Waals surface area contributed by atoms with Gasteiger partial charge in [-0.15, -0.1) is 10.2 Å². The Kier molecular flexibility index (Phi) is 5.84. The minimum absolute atomic E-state index is 0.0130. The van der Waals surface area contributed by atoms with Crippen LogP contribution in [-0.4, -0.2) is 46.2 Å². The molecule has 0 radical (unpaired) electrons. The summed E-state index contributed by atoms with van der Waals surface area (Å²) in [5, 5.41) is 9.33. The fourth-order valence-corrected chi connectivity index (χ4v) is 6.98. The van der Waals surface area contributed by atoms with Gasteiger partial charge in [0.15, 0.2) is 15.6 Å². The highest BCUT2D eigenvalue weighted by Gasteiger charge is 2.29. The van der Waals surface area contributed by atoms with E-state index < -0.39 is 9.84 Å². The lowest BCUT2D eigenvalue weighted by atomic mass is 10.0. The van der Waals surface area contributed by atoms with Crippen molar-refractivity contribution in [2.45, 2.75) is 18.1 Å². The maximum Gasteiger partial charge on any atom is 0.277 e. The molecule has 33 heavy (non-hydrogen) atoms. The van der Waals surface area contributed by atoms with Crippen LogP contribution in [-0.2, 0) is 23.3 Å². The largest absolute Gasteiger partial charge is 0.416 e. The first kappa shape index (κ1) is 21.9. The summed E-state index contributed by atoms with van der Waals surface area (Å²) >= 11 is 1.21. The number of carbonyl (C=O) groups is 1. The van der Waals surface area contributed by atoms with Gasteiger partial charge in [0.2, 0.25) is 5.89 Å². The van der Waals surface area contributed by atoms with Gasteiger partial charge in [-0.25, -0.2) is 8.42 Å². The number of rotatable bonds is 7. The molecule has 9 heteroatoms. The third-order valence-electron chi connectivity index (χ3n) is 6.00. The molecule has 3 heterocycles. The van der Waals surface area contributed by atoms with E-state index in [0.29, 0.717) is 29.5 Å². The molecule has 1 aliphatic rings. The number of thioether (sulfide) groups is 1. The second-order valence-electron chi connectivity index (χ2n) is 8.31. The Hall–Kier alpha value is -2.91. The molecule has 7 nitrogen and oxygen atoms in total. The lowest BCUT2D eigenvalue weighted by molar-refractivity contribution is 0.102. The van der Waals surface area contributed by atoms with Crippen molar-refractivity contribution in [3.05, 3.63) is 66.1 Å². The van der Waals surface area contributed by atoms with Crippen molar-refractivity contribution in [1.29, 1.82) is 0 Å². The summed E-state index contributed by atoms with van der Waals surface area (Å²) in [7, 11) is -0.971. The molecule has 0 N–H and O–H groups in total. The Morgan fingerprint density at radius 2 is 1.88 bits per heavy atom. The van der Waals surface area contributed by atoms with Gasteiger partial charge in [0.1, 0.15) is 0 Å². The van der Waals surface area contributed by atoms with Crippen LogP contribution in [0.4, 0.5) is 0 Å².